The van der Waals surface area contributed by atoms with Crippen LogP contribution in [0, 0.1) is 0 Å². The molecule has 0 unspecified atom stereocenters. The second-order valence-corrected chi connectivity index (χ2v) is 4.66. The largest absolute Gasteiger partial charge is 0.508 e. The fourth-order valence-corrected chi connectivity index (χ4v) is 1.94. The van der Waals surface area contributed by atoms with Gasteiger partial charge in [-0.2, -0.15) is 0 Å². The van der Waals surface area contributed by atoms with Crippen LogP contribution >= 0.6 is 0 Å². The Kier molecular flexibility index (Phi) is 4.56. The predicted octanol–water partition coefficient (Wildman–Crippen LogP) is 2.77. The lowest BCUT2D eigenvalue weighted by atomic mass is 10.1. The summed E-state index contributed by atoms with van der Waals surface area (Å²) in [6.07, 6.45) is 0.172. The molecule has 0 bridgehead atoms. The van der Waals surface area contributed by atoms with E-state index in [1.807, 2.05) is 0 Å². The summed E-state index contributed by atoms with van der Waals surface area (Å²) in [6, 6.07) is 13.6. The molecule has 0 aliphatic carbocycles. The first-order valence-corrected chi connectivity index (χ1v) is 6.45. The monoisotopic (exact) mass is 284 g/mol. The highest BCUT2D eigenvalue weighted by atomic mass is 16.4. The maximum absolute atomic E-state index is 12.0. The van der Waals surface area contributed by atoms with Crippen LogP contribution in [-0.2, 0) is 11.2 Å². The molecule has 0 fully saturated rings. The highest BCUT2D eigenvalue weighted by Crippen LogP contribution is 2.14. The van der Waals surface area contributed by atoms with Crippen molar-refractivity contribution in [2.24, 2.45) is 5.16 Å². The highest BCUT2D eigenvalue weighted by molar-refractivity contribution is 6.00. The number of oxime groups is 1. The molecule has 0 saturated heterocycles. The molecule has 0 aromatic heterocycles. The standard InChI is InChI=1S/C16H16N2O3/c1-11(18-21)13-5-3-6-14(10-13)17-16(20)9-12-4-2-7-15(19)8-12/h2-8,10,19,21H,9H2,1H3,(H,17,20). The van der Waals surface area contributed by atoms with Crippen LogP contribution in [0.3, 0.4) is 0 Å². The summed E-state index contributed by atoms with van der Waals surface area (Å²) in [6.45, 7) is 1.67. The Balaban J connectivity index is 2.06. The maximum Gasteiger partial charge on any atom is 0.228 e. The Bertz CT molecular complexity index is 681. The molecule has 0 spiro atoms. The van der Waals surface area contributed by atoms with Crippen LogP contribution in [0.5, 0.6) is 5.75 Å². The van der Waals surface area contributed by atoms with E-state index in [1.54, 1.807) is 55.5 Å². The van der Waals surface area contributed by atoms with Crippen LogP contribution in [0.1, 0.15) is 18.1 Å². The molecule has 0 atom stereocenters. The van der Waals surface area contributed by atoms with Gasteiger partial charge < -0.3 is 15.6 Å². The van der Waals surface area contributed by atoms with Crippen molar-refractivity contribution in [3.8, 4) is 5.75 Å². The highest BCUT2D eigenvalue weighted by Gasteiger charge is 2.06. The number of anilines is 1. The number of carbonyl (C=O) groups is 1. The van der Waals surface area contributed by atoms with Gasteiger partial charge >= 0.3 is 0 Å². The number of benzene rings is 2. The van der Waals surface area contributed by atoms with E-state index in [4.69, 9.17) is 5.21 Å². The van der Waals surface area contributed by atoms with Crippen LogP contribution in [-0.4, -0.2) is 21.9 Å². The summed E-state index contributed by atoms with van der Waals surface area (Å²) >= 11 is 0. The number of aromatic hydroxyl groups is 1. The Hall–Kier alpha value is -2.82. The van der Waals surface area contributed by atoms with Crippen LogP contribution in [0.25, 0.3) is 0 Å². The average molecular weight is 284 g/mol. The van der Waals surface area contributed by atoms with Gasteiger partial charge in [-0.1, -0.05) is 29.4 Å². The van der Waals surface area contributed by atoms with Crippen molar-refractivity contribution < 1.29 is 15.1 Å². The predicted molar refractivity (Wildman–Crippen MR) is 80.9 cm³/mol. The lowest BCUT2D eigenvalue weighted by Gasteiger charge is -2.07. The van der Waals surface area contributed by atoms with Crippen molar-refractivity contribution in [3.05, 3.63) is 59.7 Å². The molecule has 0 aliphatic rings. The van der Waals surface area contributed by atoms with E-state index in [2.05, 4.69) is 10.5 Å². The number of hydrogen-bond acceptors (Lipinski definition) is 4. The molecular weight excluding hydrogens is 268 g/mol. The molecule has 3 N–H and O–H groups in total. The number of nitrogens with zero attached hydrogens (tertiary/aromatic N) is 1. The van der Waals surface area contributed by atoms with Gasteiger partial charge in [-0.25, -0.2) is 0 Å². The normalized spacial score (nSPS) is 11.2. The maximum atomic E-state index is 12.0. The number of phenols is 1. The van der Waals surface area contributed by atoms with Crippen LogP contribution in [0.2, 0.25) is 0 Å². The minimum Gasteiger partial charge on any atom is -0.508 e. The van der Waals surface area contributed by atoms with Gasteiger partial charge in [0.2, 0.25) is 5.91 Å². The Morgan fingerprint density at radius 2 is 1.95 bits per heavy atom. The summed E-state index contributed by atoms with van der Waals surface area (Å²) in [4.78, 5) is 12.0. The third-order valence-electron chi connectivity index (χ3n) is 2.99. The fourth-order valence-electron chi connectivity index (χ4n) is 1.94. The van der Waals surface area contributed by atoms with Crippen molar-refractivity contribution >= 4 is 17.3 Å². The van der Waals surface area contributed by atoms with E-state index in [0.717, 1.165) is 11.1 Å². The number of rotatable bonds is 4. The number of nitrogens with one attached hydrogen (secondary N) is 1. The third kappa shape index (κ3) is 4.07. The van der Waals surface area contributed by atoms with Crippen molar-refractivity contribution in [1.29, 1.82) is 0 Å². The van der Waals surface area contributed by atoms with E-state index >= 15 is 0 Å². The van der Waals surface area contributed by atoms with E-state index in [0.29, 0.717) is 11.4 Å². The fraction of sp³-hybridized carbons (Fsp3) is 0.125. The van der Waals surface area contributed by atoms with Gasteiger partial charge in [0, 0.05) is 11.3 Å². The molecule has 2 aromatic carbocycles. The molecule has 2 aromatic rings. The van der Waals surface area contributed by atoms with E-state index in [-0.39, 0.29) is 18.1 Å². The van der Waals surface area contributed by atoms with Crippen molar-refractivity contribution in [3.63, 3.8) is 0 Å². The van der Waals surface area contributed by atoms with E-state index in [1.165, 1.54) is 0 Å². The summed E-state index contributed by atoms with van der Waals surface area (Å²) in [5.41, 5.74) is 2.56. The minimum atomic E-state index is -0.184. The lowest BCUT2D eigenvalue weighted by Crippen LogP contribution is -2.14. The minimum absolute atomic E-state index is 0.136. The van der Waals surface area contributed by atoms with Crippen molar-refractivity contribution in [2.75, 3.05) is 5.32 Å². The van der Waals surface area contributed by atoms with Crippen LogP contribution in [0.15, 0.2) is 53.7 Å². The lowest BCUT2D eigenvalue weighted by molar-refractivity contribution is -0.115. The molecule has 21 heavy (non-hydrogen) atoms. The Labute approximate surface area is 122 Å². The molecule has 108 valence electrons. The Morgan fingerprint density at radius 3 is 2.67 bits per heavy atom. The first-order valence-electron chi connectivity index (χ1n) is 6.45. The van der Waals surface area contributed by atoms with Gasteiger partial charge in [-0.15, -0.1) is 0 Å². The molecule has 0 saturated carbocycles. The number of amides is 1. The quantitative estimate of drug-likeness (QED) is 0.458. The zero-order chi connectivity index (χ0) is 15.2. The molecule has 5 heteroatoms. The van der Waals surface area contributed by atoms with Crippen LogP contribution in [0.4, 0.5) is 5.69 Å². The molecule has 1 amide bonds. The van der Waals surface area contributed by atoms with E-state index in [9.17, 15) is 9.90 Å². The summed E-state index contributed by atoms with van der Waals surface area (Å²) in [5, 5.41) is 24.0. The summed E-state index contributed by atoms with van der Waals surface area (Å²) < 4.78 is 0. The second-order valence-electron chi connectivity index (χ2n) is 4.66. The topological polar surface area (TPSA) is 81.9 Å². The van der Waals surface area contributed by atoms with Gasteiger partial charge in [-0.05, 0) is 36.8 Å². The smallest absolute Gasteiger partial charge is 0.228 e. The number of carbonyl (C=O) groups excluding carboxylic acids is 1. The first-order chi connectivity index (χ1) is 10.1. The number of hydrogen-bond donors (Lipinski definition) is 3. The zero-order valence-corrected chi connectivity index (χ0v) is 11.6. The van der Waals surface area contributed by atoms with Gasteiger partial charge in [-0.3, -0.25) is 4.79 Å². The van der Waals surface area contributed by atoms with Gasteiger partial charge in [0.05, 0.1) is 12.1 Å². The molecular formula is C16H16N2O3. The summed E-state index contributed by atoms with van der Waals surface area (Å²) in [5.74, 6) is -0.0478. The number of phenolic OH excluding ortho intramolecular Hbond substituents is 1. The molecule has 5 nitrogen and oxygen atoms in total. The van der Waals surface area contributed by atoms with Crippen molar-refractivity contribution in [1.82, 2.24) is 0 Å². The van der Waals surface area contributed by atoms with Crippen LogP contribution < -0.4 is 5.32 Å². The molecule has 2 rings (SSSR count). The zero-order valence-electron chi connectivity index (χ0n) is 11.6. The summed E-state index contributed by atoms with van der Waals surface area (Å²) in [7, 11) is 0. The third-order valence-corrected chi connectivity index (χ3v) is 2.99. The Morgan fingerprint density at radius 1 is 1.19 bits per heavy atom. The molecule has 0 radical (unpaired) electrons. The average Bonchev–Trinajstić information content (AvgIpc) is 2.46. The molecule has 0 aliphatic heterocycles. The SMILES string of the molecule is CC(=NO)c1cccc(NC(=O)Cc2cccc(O)c2)c1. The van der Waals surface area contributed by atoms with E-state index < -0.39 is 0 Å². The first kappa shape index (κ1) is 14.6. The van der Waals surface area contributed by atoms with Crippen molar-refractivity contribution in [2.45, 2.75) is 13.3 Å². The van der Waals surface area contributed by atoms with Gasteiger partial charge in [0.1, 0.15) is 5.75 Å². The van der Waals surface area contributed by atoms with Gasteiger partial charge in [0.15, 0.2) is 0 Å². The van der Waals surface area contributed by atoms with Gasteiger partial charge in [0.25, 0.3) is 0 Å². The molecule has 0 heterocycles. The second kappa shape index (κ2) is 6.56.